The summed E-state index contributed by atoms with van der Waals surface area (Å²) in [7, 11) is -1.68. The van der Waals surface area contributed by atoms with Crippen LogP contribution >= 0.6 is 0 Å². The molecule has 0 radical (unpaired) electrons. The van der Waals surface area contributed by atoms with Crippen molar-refractivity contribution in [3.05, 3.63) is 93.6 Å². The van der Waals surface area contributed by atoms with E-state index in [0.717, 1.165) is 6.61 Å². The van der Waals surface area contributed by atoms with Crippen LogP contribution in [-0.2, 0) is 4.43 Å². The molecule has 0 aromatic rings. The first kappa shape index (κ1) is 24.0. The van der Waals surface area contributed by atoms with Crippen molar-refractivity contribution in [2.24, 2.45) is 5.92 Å². The summed E-state index contributed by atoms with van der Waals surface area (Å²) >= 11 is 0. The van der Waals surface area contributed by atoms with E-state index in [1.54, 1.807) is 6.08 Å². The molecule has 0 amide bonds. The predicted molar refractivity (Wildman–Crippen MR) is 114 cm³/mol. The zero-order valence-electron chi connectivity index (χ0n) is 17.1. The molecule has 0 aromatic heterocycles. The standard InChI is InChI=1S/C25H26OSi/c1-8-9-10-11-12-13-14-15-16-17-18-19-20-21-22-24(2)23-26-27(6,7)25(3,4)5/h20-22,24H,1,23H2,2-7H3/b22-21-. The first-order chi connectivity index (χ1) is 12.7. The quantitative estimate of drug-likeness (QED) is 0.316. The summed E-state index contributed by atoms with van der Waals surface area (Å²) in [6.45, 7) is 17.5. The number of allylic oxidation sites excluding steroid dienone is 2. The van der Waals surface area contributed by atoms with Gasteiger partial charge in [-0.25, -0.2) is 0 Å². The molecule has 0 spiro atoms. The molecule has 136 valence electrons. The monoisotopic (exact) mass is 370 g/mol. The summed E-state index contributed by atoms with van der Waals surface area (Å²) in [6.07, 6.45) is 5.79. The zero-order chi connectivity index (χ0) is 20.6. The minimum Gasteiger partial charge on any atom is -0.416 e. The first-order valence-electron chi connectivity index (χ1n) is 8.62. The Morgan fingerprint density at radius 2 is 1.37 bits per heavy atom. The molecule has 0 N–H and O–H groups in total. The van der Waals surface area contributed by atoms with Crippen LogP contribution in [0.15, 0.2) is 93.6 Å². The third-order valence-electron chi connectivity index (χ3n) is 3.86. The second-order valence-electron chi connectivity index (χ2n) is 7.17. The van der Waals surface area contributed by atoms with Crippen LogP contribution < -0.4 is 0 Å². The lowest BCUT2D eigenvalue weighted by Crippen LogP contribution is -2.41. The fourth-order valence-corrected chi connectivity index (χ4v) is 2.39. The van der Waals surface area contributed by atoms with Gasteiger partial charge in [-0.1, -0.05) is 51.3 Å². The molecule has 0 saturated carbocycles. The average Bonchev–Trinajstić information content (AvgIpc) is 2.59. The van der Waals surface area contributed by atoms with Gasteiger partial charge < -0.3 is 4.43 Å². The molecule has 0 bridgehead atoms. The summed E-state index contributed by atoms with van der Waals surface area (Å²) in [6, 6.07) is 0. The van der Waals surface area contributed by atoms with Gasteiger partial charge in [-0.2, -0.15) is 0 Å². The number of hydrogen-bond donors (Lipinski definition) is 0. The van der Waals surface area contributed by atoms with E-state index in [4.69, 9.17) is 4.43 Å². The van der Waals surface area contributed by atoms with Crippen LogP contribution in [0.5, 0.6) is 0 Å². The second kappa shape index (κ2) is 13.3. The second-order valence-corrected chi connectivity index (χ2v) is 12.0. The van der Waals surface area contributed by atoms with E-state index in [2.05, 4.69) is 122 Å². The zero-order valence-corrected chi connectivity index (χ0v) is 18.1. The highest BCUT2D eigenvalue weighted by Crippen LogP contribution is 2.36. The van der Waals surface area contributed by atoms with Crippen molar-refractivity contribution in [1.82, 2.24) is 0 Å². The topological polar surface area (TPSA) is 9.23 Å². The Labute approximate surface area is 164 Å². The summed E-state index contributed by atoms with van der Waals surface area (Å²) < 4.78 is 6.20. The van der Waals surface area contributed by atoms with Crippen molar-refractivity contribution in [2.75, 3.05) is 6.61 Å². The molecule has 27 heavy (non-hydrogen) atoms. The Morgan fingerprint density at radius 1 is 0.889 bits per heavy atom. The lowest BCUT2D eigenvalue weighted by molar-refractivity contribution is 0.259. The van der Waals surface area contributed by atoms with E-state index in [1.165, 1.54) is 0 Å². The fraction of sp³-hybridized carbons (Fsp3) is 0.360. The molecule has 0 aliphatic heterocycles. The van der Waals surface area contributed by atoms with Gasteiger partial charge in [0.15, 0.2) is 8.32 Å². The van der Waals surface area contributed by atoms with E-state index in [0.29, 0.717) is 5.92 Å². The SMILES string of the molecule is C=C=C=C=C=C=C=C=C=C=C=C=C=C/C=C\C(C)CO[Si](C)(C)C(C)(C)C. The van der Waals surface area contributed by atoms with Gasteiger partial charge in [0.1, 0.15) is 0 Å². The van der Waals surface area contributed by atoms with Crippen LogP contribution in [-0.4, -0.2) is 14.9 Å². The predicted octanol–water partition coefficient (Wildman–Crippen LogP) is 6.25. The average molecular weight is 371 g/mol. The Hall–Kier alpha value is -2.98. The Bertz CT molecular complexity index is 986. The van der Waals surface area contributed by atoms with Gasteiger partial charge in [-0.15, -0.1) is 0 Å². The normalized spacial score (nSPS) is 10.4. The molecule has 0 rings (SSSR count). The fourth-order valence-electron chi connectivity index (χ4n) is 1.28. The van der Waals surface area contributed by atoms with Gasteiger partial charge >= 0.3 is 0 Å². The maximum atomic E-state index is 6.20. The van der Waals surface area contributed by atoms with Crippen molar-refractivity contribution in [3.8, 4) is 0 Å². The summed E-state index contributed by atoms with van der Waals surface area (Å²) in [5.74, 6) is 0.343. The van der Waals surface area contributed by atoms with Crippen molar-refractivity contribution >= 4 is 8.32 Å². The molecular weight excluding hydrogens is 344 g/mol. The van der Waals surface area contributed by atoms with E-state index in [1.807, 2.05) is 6.08 Å². The van der Waals surface area contributed by atoms with Crippen LogP contribution in [0.3, 0.4) is 0 Å². The Morgan fingerprint density at radius 3 is 1.85 bits per heavy atom. The van der Waals surface area contributed by atoms with Gasteiger partial charge in [-0.3, -0.25) is 0 Å². The van der Waals surface area contributed by atoms with Crippen molar-refractivity contribution < 1.29 is 4.43 Å². The van der Waals surface area contributed by atoms with E-state index < -0.39 is 8.32 Å². The van der Waals surface area contributed by atoms with Gasteiger partial charge in [-0.05, 0) is 94.0 Å². The maximum absolute atomic E-state index is 6.20. The van der Waals surface area contributed by atoms with Gasteiger partial charge in [0.05, 0.1) is 0 Å². The molecule has 1 unspecified atom stereocenters. The van der Waals surface area contributed by atoms with Crippen molar-refractivity contribution in [2.45, 2.75) is 45.8 Å². The van der Waals surface area contributed by atoms with Crippen molar-refractivity contribution in [1.29, 1.82) is 0 Å². The highest BCUT2D eigenvalue weighted by molar-refractivity contribution is 6.74. The highest BCUT2D eigenvalue weighted by Gasteiger charge is 2.37. The van der Waals surface area contributed by atoms with E-state index in [9.17, 15) is 0 Å². The molecule has 0 aliphatic rings. The van der Waals surface area contributed by atoms with E-state index >= 15 is 0 Å². The first-order valence-corrected chi connectivity index (χ1v) is 11.5. The minimum atomic E-state index is -1.68. The third-order valence-corrected chi connectivity index (χ3v) is 8.36. The Kier molecular flexibility index (Phi) is 11.8. The lowest BCUT2D eigenvalue weighted by Gasteiger charge is -2.36. The van der Waals surface area contributed by atoms with Crippen LogP contribution in [0.2, 0.25) is 18.1 Å². The minimum absolute atomic E-state index is 0.232. The largest absolute Gasteiger partial charge is 0.416 e. The van der Waals surface area contributed by atoms with Gasteiger partial charge in [0, 0.05) is 6.61 Å². The number of rotatable bonds is 5. The van der Waals surface area contributed by atoms with Gasteiger partial charge in [0.2, 0.25) is 0 Å². The molecular formula is C25H26OSi. The van der Waals surface area contributed by atoms with E-state index in [-0.39, 0.29) is 5.04 Å². The molecule has 1 nitrogen and oxygen atoms in total. The maximum Gasteiger partial charge on any atom is 0.192 e. The summed E-state index contributed by atoms with van der Waals surface area (Å²) in [5.41, 5.74) is 30.9. The smallest absolute Gasteiger partial charge is 0.192 e. The third kappa shape index (κ3) is 13.0. The summed E-state index contributed by atoms with van der Waals surface area (Å²) in [4.78, 5) is 0. The van der Waals surface area contributed by atoms with Gasteiger partial charge in [0.25, 0.3) is 0 Å². The molecule has 0 aliphatic carbocycles. The highest BCUT2D eigenvalue weighted by atomic mass is 28.4. The van der Waals surface area contributed by atoms with Crippen LogP contribution in [0.25, 0.3) is 0 Å². The molecule has 0 fully saturated rings. The molecule has 2 heteroatoms. The molecule has 0 heterocycles. The van der Waals surface area contributed by atoms with Crippen LogP contribution in [0.4, 0.5) is 0 Å². The lowest BCUT2D eigenvalue weighted by atomic mass is 10.2. The molecule has 0 aromatic carbocycles. The molecule has 1 atom stereocenters. The number of hydrogen-bond acceptors (Lipinski definition) is 1. The van der Waals surface area contributed by atoms with Crippen LogP contribution in [0, 0.1) is 5.92 Å². The van der Waals surface area contributed by atoms with Crippen molar-refractivity contribution in [3.63, 3.8) is 0 Å². The van der Waals surface area contributed by atoms with Crippen LogP contribution in [0.1, 0.15) is 27.7 Å². The molecule has 0 saturated heterocycles. The Balaban J connectivity index is 4.94. The summed E-state index contributed by atoms with van der Waals surface area (Å²) in [5, 5.41) is 0.232.